The third kappa shape index (κ3) is 4.22. The molecule has 1 unspecified atom stereocenters. The first-order valence-electron chi connectivity index (χ1n) is 8.03. The van der Waals surface area contributed by atoms with Gasteiger partial charge in [-0.3, -0.25) is 0 Å². The zero-order chi connectivity index (χ0) is 15.5. The molecule has 5 heteroatoms. The van der Waals surface area contributed by atoms with Gasteiger partial charge in [0.2, 0.25) is 5.95 Å². The summed E-state index contributed by atoms with van der Waals surface area (Å²) in [5.74, 6) is 2.89. The van der Waals surface area contributed by atoms with E-state index in [9.17, 15) is 0 Å². The highest BCUT2D eigenvalue weighted by Gasteiger charge is 2.27. The summed E-state index contributed by atoms with van der Waals surface area (Å²) in [5.41, 5.74) is 6.23. The summed E-state index contributed by atoms with van der Waals surface area (Å²) in [6.07, 6.45) is 3.72. The number of nitrogen functional groups attached to an aromatic ring is 1. The molecule has 0 bridgehead atoms. The highest BCUT2D eigenvalue weighted by molar-refractivity contribution is 5.52. The predicted octanol–water partition coefficient (Wildman–Crippen LogP) is 3.14. The molecular formula is C16H29N5. The van der Waals surface area contributed by atoms with Gasteiger partial charge in [0.05, 0.1) is 0 Å². The van der Waals surface area contributed by atoms with Crippen LogP contribution in [0.5, 0.6) is 0 Å². The summed E-state index contributed by atoms with van der Waals surface area (Å²) in [6, 6.07) is 2.01. The van der Waals surface area contributed by atoms with Gasteiger partial charge in [0.1, 0.15) is 11.6 Å². The number of anilines is 3. The minimum atomic E-state index is 0.347. The average Bonchev–Trinajstić information content (AvgIpc) is 2.63. The van der Waals surface area contributed by atoms with E-state index in [-0.39, 0.29) is 0 Å². The number of nitrogens with zero attached hydrogens (tertiary/aromatic N) is 3. The van der Waals surface area contributed by atoms with Gasteiger partial charge in [-0.05, 0) is 37.5 Å². The SMILES string of the molecule is CCNc1cc(N2CCCC(C(C)(C)C)CC2)nc(N)n1. The van der Waals surface area contributed by atoms with Crippen LogP contribution in [0.3, 0.4) is 0 Å². The molecule has 0 radical (unpaired) electrons. The number of hydrogen-bond donors (Lipinski definition) is 2. The lowest BCUT2D eigenvalue weighted by molar-refractivity contribution is 0.220. The van der Waals surface area contributed by atoms with Gasteiger partial charge in [0.15, 0.2) is 0 Å². The molecule has 2 rings (SSSR count). The Labute approximate surface area is 128 Å². The smallest absolute Gasteiger partial charge is 0.223 e. The summed E-state index contributed by atoms with van der Waals surface area (Å²) in [6.45, 7) is 12.0. The Morgan fingerprint density at radius 3 is 2.71 bits per heavy atom. The molecule has 0 spiro atoms. The fourth-order valence-corrected chi connectivity index (χ4v) is 3.08. The lowest BCUT2D eigenvalue weighted by Crippen LogP contribution is -2.27. The highest BCUT2D eigenvalue weighted by atomic mass is 15.2. The Morgan fingerprint density at radius 1 is 1.29 bits per heavy atom. The minimum absolute atomic E-state index is 0.347. The van der Waals surface area contributed by atoms with E-state index in [1.54, 1.807) is 0 Å². The van der Waals surface area contributed by atoms with Crippen LogP contribution >= 0.6 is 0 Å². The van der Waals surface area contributed by atoms with Crippen LogP contribution in [0.25, 0.3) is 0 Å². The van der Waals surface area contributed by atoms with Crippen LogP contribution in [0.1, 0.15) is 47.0 Å². The van der Waals surface area contributed by atoms with E-state index >= 15 is 0 Å². The molecule has 0 amide bonds. The van der Waals surface area contributed by atoms with Crippen molar-refractivity contribution in [3.05, 3.63) is 6.07 Å². The molecule has 21 heavy (non-hydrogen) atoms. The van der Waals surface area contributed by atoms with Crippen molar-refractivity contribution in [1.29, 1.82) is 0 Å². The van der Waals surface area contributed by atoms with Crippen LogP contribution in [0.15, 0.2) is 6.07 Å². The van der Waals surface area contributed by atoms with Crippen LogP contribution in [0, 0.1) is 11.3 Å². The monoisotopic (exact) mass is 291 g/mol. The van der Waals surface area contributed by atoms with E-state index in [1.807, 2.05) is 6.07 Å². The van der Waals surface area contributed by atoms with Gasteiger partial charge in [-0.25, -0.2) is 0 Å². The van der Waals surface area contributed by atoms with Gasteiger partial charge in [-0.1, -0.05) is 20.8 Å². The van der Waals surface area contributed by atoms with Crippen molar-refractivity contribution in [3.63, 3.8) is 0 Å². The Bertz CT molecular complexity index is 466. The molecule has 0 aromatic carbocycles. The topological polar surface area (TPSA) is 67.1 Å². The molecule has 5 nitrogen and oxygen atoms in total. The van der Waals surface area contributed by atoms with Gasteiger partial charge in [0, 0.05) is 25.7 Å². The summed E-state index contributed by atoms with van der Waals surface area (Å²) >= 11 is 0. The molecule has 1 atom stereocenters. The van der Waals surface area contributed by atoms with E-state index in [1.165, 1.54) is 19.3 Å². The fourth-order valence-electron chi connectivity index (χ4n) is 3.08. The fraction of sp³-hybridized carbons (Fsp3) is 0.750. The second-order valence-electron chi connectivity index (χ2n) is 6.98. The molecule has 1 aromatic rings. The first-order valence-corrected chi connectivity index (χ1v) is 8.03. The normalized spacial score (nSPS) is 20.2. The van der Waals surface area contributed by atoms with Crippen LogP contribution < -0.4 is 16.0 Å². The Hall–Kier alpha value is -1.52. The first-order chi connectivity index (χ1) is 9.90. The lowest BCUT2D eigenvalue weighted by atomic mass is 9.77. The average molecular weight is 291 g/mol. The highest BCUT2D eigenvalue weighted by Crippen LogP contribution is 2.35. The summed E-state index contributed by atoms with van der Waals surface area (Å²) < 4.78 is 0. The zero-order valence-electron chi connectivity index (χ0n) is 13.8. The number of nitrogens with one attached hydrogen (secondary N) is 1. The molecule has 118 valence electrons. The van der Waals surface area contributed by atoms with E-state index in [0.717, 1.165) is 37.2 Å². The molecule has 1 aromatic heterocycles. The number of hydrogen-bond acceptors (Lipinski definition) is 5. The van der Waals surface area contributed by atoms with Crippen LogP contribution in [-0.2, 0) is 0 Å². The van der Waals surface area contributed by atoms with Crippen molar-refractivity contribution < 1.29 is 0 Å². The van der Waals surface area contributed by atoms with Crippen LogP contribution in [-0.4, -0.2) is 29.6 Å². The molecule has 2 heterocycles. The van der Waals surface area contributed by atoms with Crippen LogP contribution in [0.2, 0.25) is 0 Å². The van der Waals surface area contributed by atoms with E-state index < -0.39 is 0 Å². The Balaban J connectivity index is 2.12. The lowest BCUT2D eigenvalue weighted by Gasteiger charge is -2.30. The number of nitrogens with two attached hydrogens (primary N) is 1. The molecule has 0 saturated carbocycles. The van der Waals surface area contributed by atoms with Crippen molar-refractivity contribution >= 4 is 17.6 Å². The Kier molecular flexibility index (Phi) is 4.91. The van der Waals surface area contributed by atoms with E-state index in [2.05, 4.69) is 47.9 Å². The minimum Gasteiger partial charge on any atom is -0.370 e. The standard InChI is InChI=1S/C16H29N5/c1-5-18-13-11-14(20-15(17)19-13)21-9-6-7-12(8-10-21)16(2,3)4/h11-12H,5-10H2,1-4H3,(H3,17,18,19,20). The van der Waals surface area contributed by atoms with Crippen LogP contribution in [0.4, 0.5) is 17.6 Å². The van der Waals surface area contributed by atoms with Crippen molar-refractivity contribution in [2.75, 3.05) is 35.6 Å². The largest absolute Gasteiger partial charge is 0.370 e. The van der Waals surface area contributed by atoms with Crippen molar-refractivity contribution in [2.45, 2.75) is 47.0 Å². The summed E-state index contributed by atoms with van der Waals surface area (Å²) in [7, 11) is 0. The van der Waals surface area contributed by atoms with Gasteiger partial charge >= 0.3 is 0 Å². The van der Waals surface area contributed by atoms with Gasteiger partial charge in [-0.2, -0.15) is 9.97 Å². The van der Waals surface area contributed by atoms with Crippen molar-refractivity contribution in [2.24, 2.45) is 11.3 Å². The molecule has 0 aliphatic carbocycles. The molecule has 1 aliphatic heterocycles. The second-order valence-corrected chi connectivity index (χ2v) is 6.98. The zero-order valence-corrected chi connectivity index (χ0v) is 13.8. The van der Waals surface area contributed by atoms with Gasteiger partial charge in [0.25, 0.3) is 0 Å². The third-order valence-electron chi connectivity index (χ3n) is 4.36. The summed E-state index contributed by atoms with van der Waals surface area (Å²) in [4.78, 5) is 11.0. The summed E-state index contributed by atoms with van der Waals surface area (Å²) in [5, 5.41) is 3.22. The maximum absolute atomic E-state index is 5.84. The van der Waals surface area contributed by atoms with Gasteiger partial charge < -0.3 is 16.0 Å². The quantitative estimate of drug-likeness (QED) is 0.895. The third-order valence-corrected chi connectivity index (χ3v) is 4.36. The van der Waals surface area contributed by atoms with Crippen molar-refractivity contribution in [1.82, 2.24) is 9.97 Å². The molecule has 1 fully saturated rings. The maximum atomic E-state index is 5.84. The molecule has 1 aliphatic rings. The van der Waals surface area contributed by atoms with E-state index in [4.69, 9.17) is 5.73 Å². The van der Waals surface area contributed by atoms with E-state index in [0.29, 0.717) is 11.4 Å². The molecule has 1 saturated heterocycles. The molecular weight excluding hydrogens is 262 g/mol. The van der Waals surface area contributed by atoms with Gasteiger partial charge in [-0.15, -0.1) is 0 Å². The molecule has 3 N–H and O–H groups in total. The number of rotatable bonds is 3. The van der Waals surface area contributed by atoms with Crippen molar-refractivity contribution in [3.8, 4) is 0 Å². The first kappa shape index (κ1) is 15.9. The second kappa shape index (κ2) is 6.50. The predicted molar refractivity (Wildman–Crippen MR) is 89.6 cm³/mol. The maximum Gasteiger partial charge on any atom is 0.223 e. The number of aromatic nitrogens is 2. The Morgan fingerprint density at radius 2 is 2.05 bits per heavy atom.